The topological polar surface area (TPSA) is 3.88 Å². The summed E-state index contributed by atoms with van der Waals surface area (Å²) in [5.41, 5.74) is 4.38. The Morgan fingerprint density at radius 2 is 1.75 bits per heavy atom. The molecule has 0 aliphatic carbocycles. The normalized spacial score (nSPS) is 10.5. The van der Waals surface area contributed by atoms with E-state index in [1.54, 1.807) is 6.07 Å². The lowest BCUT2D eigenvalue weighted by Gasteiger charge is -2.06. The number of hydrogen-bond acceptors (Lipinski definition) is 0. The van der Waals surface area contributed by atoms with Crippen LogP contribution in [0, 0.1) is 19.7 Å². The van der Waals surface area contributed by atoms with Gasteiger partial charge in [-0.2, -0.15) is 4.57 Å². The zero-order valence-corrected chi connectivity index (χ0v) is 9.79. The highest BCUT2D eigenvalue weighted by Crippen LogP contribution is 2.22. The van der Waals surface area contributed by atoms with E-state index in [0.717, 1.165) is 16.8 Å². The Balaban J connectivity index is 2.70. The molecule has 1 heterocycles. The molecule has 82 valence electrons. The van der Waals surface area contributed by atoms with E-state index >= 15 is 0 Å². The fourth-order valence-corrected chi connectivity index (χ4v) is 2.08. The predicted octanol–water partition coefficient (Wildman–Crippen LogP) is 2.93. The van der Waals surface area contributed by atoms with E-state index in [4.69, 9.17) is 0 Å². The molecule has 2 rings (SSSR count). The van der Waals surface area contributed by atoms with Crippen LogP contribution in [0.4, 0.5) is 4.39 Å². The molecule has 0 radical (unpaired) electrons. The molecule has 0 fully saturated rings. The molecule has 0 atom stereocenters. The van der Waals surface area contributed by atoms with Gasteiger partial charge in [0.15, 0.2) is 5.82 Å². The first-order valence-electron chi connectivity index (χ1n) is 5.31. The summed E-state index contributed by atoms with van der Waals surface area (Å²) in [4.78, 5) is 0. The maximum Gasteiger partial charge on any atom is 0.215 e. The van der Waals surface area contributed by atoms with Crippen molar-refractivity contribution in [3.8, 4) is 11.3 Å². The number of pyridine rings is 1. The van der Waals surface area contributed by atoms with Crippen LogP contribution in [0.1, 0.15) is 11.1 Å². The molecule has 2 aromatic rings. The van der Waals surface area contributed by atoms with Crippen LogP contribution >= 0.6 is 0 Å². The molecule has 0 spiro atoms. The van der Waals surface area contributed by atoms with Crippen molar-refractivity contribution in [1.82, 2.24) is 0 Å². The van der Waals surface area contributed by atoms with Gasteiger partial charge in [-0.05, 0) is 31.5 Å². The first-order chi connectivity index (χ1) is 7.59. The van der Waals surface area contributed by atoms with Crippen molar-refractivity contribution in [2.75, 3.05) is 0 Å². The van der Waals surface area contributed by atoms with Crippen LogP contribution in [0.25, 0.3) is 11.3 Å². The van der Waals surface area contributed by atoms with E-state index in [0.29, 0.717) is 0 Å². The van der Waals surface area contributed by atoms with Crippen LogP contribution in [0.15, 0.2) is 36.5 Å². The van der Waals surface area contributed by atoms with Gasteiger partial charge in [0.2, 0.25) is 11.9 Å². The summed E-state index contributed by atoms with van der Waals surface area (Å²) in [5, 5.41) is 0. The fourth-order valence-electron chi connectivity index (χ4n) is 2.08. The van der Waals surface area contributed by atoms with Crippen molar-refractivity contribution in [3.05, 3.63) is 53.5 Å². The third-order valence-electron chi connectivity index (χ3n) is 2.80. The standard InChI is InChI=1S/C14H15FN/c1-10-6-4-5-7-13(10)14-11(2)8-12(15)9-16(14)3/h4-9H,1-3H3/q+1. The number of aryl methyl sites for hydroxylation is 3. The zero-order chi connectivity index (χ0) is 11.7. The van der Waals surface area contributed by atoms with Gasteiger partial charge in [0.05, 0.1) is 0 Å². The fraction of sp³-hybridized carbons (Fsp3) is 0.214. The highest BCUT2D eigenvalue weighted by molar-refractivity contribution is 5.63. The number of nitrogens with zero attached hydrogens (tertiary/aromatic N) is 1. The van der Waals surface area contributed by atoms with E-state index < -0.39 is 0 Å². The van der Waals surface area contributed by atoms with Gasteiger partial charge < -0.3 is 0 Å². The Kier molecular flexibility index (Phi) is 2.73. The van der Waals surface area contributed by atoms with Crippen molar-refractivity contribution in [2.45, 2.75) is 13.8 Å². The SMILES string of the molecule is Cc1ccccc1-c1c(C)cc(F)c[n+]1C. The molecule has 0 saturated carbocycles. The minimum absolute atomic E-state index is 0.197. The maximum atomic E-state index is 13.2. The van der Waals surface area contributed by atoms with Crippen LogP contribution in [0.2, 0.25) is 0 Å². The summed E-state index contributed by atoms with van der Waals surface area (Å²) in [6.45, 7) is 4.00. The first kappa shape index (κ1) is 10.8. The van der Waals surface area contributed by atoms with Crippen LogP contribution in [-0.2, 0) is 7.05 Å². The molecule has 0 aliphatic rings. The van der Waals surface area contributed by atoms with Gasteiger partial charge in [-0.1, -0.05) is 18.2 Å². The van der Waals surface area contributed by atoms with Gasteiger partial charge in [-0.15, -0.1) is 0 Å². The van der Waals surface area contributed by atoms with E-state index in [1.165, 1.54) is 11.8 Å². The van der Waals surface area contributed by atoms with Gasteiger partial charge >= 0.3 is 0 Å². The molecule has 0 N–H and O–H groups in total. The summed E-state index contributed by atoms with van der Waals surface area (Å²) < 4.78 is 15.0. The molecule has 2 heteroatoms. The van der Waals surface area contributed by atoms with Crippen molar-refractivity contribution in [1.29, 1.82) is 0 Å². The third-order valence-corrected chi connectivity index (χ3v) is 2.80. The Bertz CT molecular complexity index is 509. The Morgan fingerprint density at radius 1 is 1.06 bits per heavy atom. The van der Waals surface area contributed by atoms with Crippen molar-refractivity contribution >= 4 is 0 Å². The smallest absolute Gasteiger partial charge is 0.200 e. The third kappa shape index (κ3) is 1.83. The monoisotopic (exact) mass is 216 g/mol. The summed E-state index contributed by atoms with van der Waals surface area (Å²) in [7, 11) is 1.87. The average Bonchev–Trinajstić information content (AvgIpc) is 2.19. The molecule has 0 bridgehead atoms. The number of rotatable bonds is 1. The van der Waals surface area contributed by atoms with Gasteiger partial charge in [0.1, 0.15) is 7.05 Å². The molecule has 0 aliphatic heterocycles. The highest BCUT2D eigenvalue weighted by atomic mass is 19.1. The number of hydrogen-bond donors (Lipinski definition) is 0. The minimum atomic E-state index is -0.197. The lowest BCUT2D eigenvalue weighted by molar-refractivity contribution is -0.662. The molecular weight excluding hydrogens is 201 g/mol. The molecule has 1 nitrogen and oxygen atoms in total. The first-order valence-corrected chi connectivity index (χ1v) is 5.31. The summed E-state index contributed by atoms with van der Waals surface area (Å²) in [6, 6.07) is 9.72. The summed E-state index contributed by atoms with van der Waals surface area (Å²) in [5.74, 6) is -0.197. The predicted molar refractivity (Wildman–Crippen MR) is 62.5 cm³/mol. The molecule has 0 amide bonds. The quantitative estimate of drug-likeness (QED) is 0.645. The average molecular weight is 216 g/mol. The van der Waals surface area contributed by atoms with Crippen molar-refractivity contribution < 1.29 is 8.96 Å². The second-order valence-corrected chi connectivity index (χ2v) is 4.12. The highest BCUT2D eigenvalue weighted by Gasteiger charge is 2.16. The second kappa shape index (κ2) is 4.05. The van der Waals surface area contributed by atoms with E-state index in [9.17, 15) is 4.39 Å². The molecular formula is C14H15FN+. The van der Waals surface area contributed by atoms with Crippen LogP contribution in [0.5, 0.6) is 0 Å². The van der Waals surface area contributed by atoms with E-state index in [-0.39, 0.29) is 5.82 Å². The van der Waals surface area contributed by atoms with Gasteiger partial charge in [0, 0.05) is 11.1 Å². The lowest BCUT2D eigenvalue weighted by atomic mass is 10.0. The van der Waals surface area contributed by atoms with Gasteiger partial charge in [0.25, 0.3) is 0 Å². The molecule has 0 unspecified atom stereocenters. The second-order valence-electron chi connectivity index (χ2n) is 4.12. The van der Waals surface area contributed by atoms with Crippen molar-refractivity contribution in [3.63, 3.8) is 0 Å². The van der Waals surface area contributed by atoms with Crippen molar-refractivity contribution in [2.24, 2.45) is 7.05 Å². The Labute approximate surface area is 95.2 Å². The summed E-state index contributed by atoms with van der Waals surface area (Å²) in [6.07, 6.45) is 1.51. The lowest BCUT2D eigenvalue weighted by Crippen LogP contribution is -2.32. The van der Waals surface area contributed by atoms with Gasteiger partial charge in [-0.25, -0.2) is 4.39 Å². The molecule has 1 aromatic heterocycles. The molecule has 16 heavy (non-hydrogen) atoms. The van der Waals surface area contributed by atoms with E-state index in [2.05, 4.69) is 19.1 Å². The Hall–Kier alpha value is -1.70. The summed E-state index contributed by atoms with van der Waals surface area (Å²) >= 11 is 0. The molecule has 0 saturated heterocycles. The van der Waals surface area contributed by atoms with Crippen LogP contribution in [0.3, 0.4) is 0 Å². The minimum Gasteiger partial charge on any atom is -0.200 e. The zero-order valence-electron chi connectivity index (χ0n) is 9.79. The number of benzene rings is 1. The van der Waals surface area contributed by atoms with E-state index in [1.807, 2.05) is 30.7 Å². The maximum absolute atomic E-state index is 13.2. The van der Waals surface area contributed by atoms with Crippen LogP contribution < -0.4 is 4.57 Å². The van der Waals surface area contributed by atoms with Crippen LogP contribution in [-0.4, -0.2) is 0 Å². The molecule has 1 aromatic carbocycles. The largest absolute Gasteiger partial charge is 0.215 e. The number of halogens is 1. The Morgan fingerprint density at radius 3 is 2.38 bits per heavy atom. The van der Waals surface area contributed by atoms with Gasteiger partial charge in [-0.3, -0.25) is 0 Å². The number of aromatic nitrogens is 1.